The summed E-state index contributed by atoms with van der Waals surface area (Å²) in [5, 5.41) is 9.18. The van der Waals surface area contributed by atoms with Crippen LogP contribution in [-0.2, 0) is 17.6 Å². The molecular weight excluding hydrogens is 232 g/mol. The molecule has 1 unspecified atom stereocenters. The molecule has 94 valence electrons. The van der Waals surface area contributed by atoms with Crippen molar-refractivity contribution in [2.24, 2.45) is 0 Å². The van der Waals surface area contributed by atoms with Crippen LogP contribution in [0, 0.1) is 0 Å². The van der Waals surface area contributed by atoms with Crippen LogP contribution in [0.4, 0.5) is 0 Å². The first-order valence-electron chi connectivity index (χ1n) is 6.06. The average molecular weight is 246 g/mol. The monoisotopic (exact) mass is 246 g/mol. The van der Waals surface area contributed by atoms with Crippen molar-refractivity contribution in [1.82, 2.24) is 9.55 Å². The molecule has 0 saturated heterocycles. The predicted molar refractivity (Wildman–Crippen MR) is 63.4 cm³/mol. The zero-order valence-electron chi connectivity index (χ0n) is 9.87. The van der Waals surface area contributed by atoms with Gasteiger partial charge in [-0.05, 0) is 25.0 Å². The quantitative estimate of drug-likeness (QED) is 0.899. The first-order chi connectivity index (χ1) is 8.74. The third-order valence-corrected chi connectivity index (χ3v) is 3.29. The lowest BCUT2D eigenvalue weighted by molar-refractivity contribution is -0.141. The zero-order valence-corrected chi connectivity index (χ0v) is 9.87. The van der Waals surface area contributed by atoms with E-state index in [4.69, 9.17) is 4.42 Å². The van der Waals surface area contributed by atoms with Gasteiger partial charge in [0.1, 0.15) is 17.6 Å². The number of rotatable bonds is 3. The molecule has 0 bridgehead atoms. The minimum absolute atomic E-state index is 0.466. The van der Waals surface area contributed by atoms with Crippen molar-refractivity contribution >= 4 is 5.97 Å². The number of carboxylic acid groups (broad SMARTS) is 1. The van der Waals surface area contributed by atoms with Crippen molar-refractivity contribution < 1.29 is 14.3 Å². The van der Waals surface area contributed by atoms with E-state index >= 15 is 0 Å². The fraction of sp³-hybridized carbons (Fsp3) is 0.385. The van der Waals surface area contributed by atoms with Crippen molar-refractivity contribution in [3.63, 3.8) is 0 Å². The Kier molecular flexibility index (Phi) is 2.66. The molecule has 5 nitrogen and oxygen atoms in total. The van der Waals surface area contributed by atoms with Crippen molar-refractivity contribution in [2.75, 3.05) is 0 Å². The molecule has 3 heterocycles. The lowest BCUT2D eigenvalue weighted by Crippen LogP contribution is -2.24. The van der Waals surface area contributed by atoms with Crippen LogP contribution in [-0.4, -0.2) is 20.6 Å². The highest BCUT2D eigenvalue weighted by atomic mass is 16.4. The number of furan rings is 1. The number of aryl methyl sites for hydroxylation is 1. The molecule has 5 heteroatoms. The third kappa shape index (κ3) is 1.92. The molecule has 18 heavy (non-hydrogen) atoms. The van der Waals surface area contributed by atoms with Gasteiger partial charge in [0.15, 0.2) is 0 Å². The van der Waals surface area contributed by atoms with E-state index in [9.17, 15) is 9.90 Å². The smallest absolute Gasteiger partial charge is 0.326 e. The number of aromatic nitrogens is 2. The Morgan fingerprint density at radius 3 is 3.22 bits per heavy atom. The van der Waals surface area contributed by atoms with Gasteiger partial charge >= 0.3 is 5.97 Å². The second kappa shape index (κ2) is 4.33. The first-order valence-corrected chi connectivity index (χ1v) is 6.06. The molecular formula is C13H14N2O3. The van der Waals surface area contributed by atoms with Crippen LogP contribution in [0.3, 0.4) is 0 Å². The van der Waals surface area contributed by atoms with Crippen LogP contribution in [0.2, 0.25) is 0 Å². The van der Waals surface area contributed by atoms with Crippen molar-refractivity contribution in [3.8, 4) is 0 Å². The van der Waals surface area contributed by atoms with Gasteiger partial charge < -0.3 is 14.1 Å². The van der Waals surface area contributed by atoms with Gasteiger partial charge in [0.2, 0.25) is 0 Å². The number of carboxylic acids is 1. The summed E-state index contributed by atoms with van der Waals surface area (Å²) in [6.07, 6.45) is 6.50. The molecule has 0 radical (unpaired) electrons. The normalized spacial score (nSPS) is 18.6. The molecule has 2 aromatic rings. The number of hydrogen-bond acceptors (Lipinski definition) is 3. The highest BCUT2D eigenvalue weighted by Crippen LogP contribution is 2.25. The summed E-state index contributed by atoms with van der Waals surface area (Å²) >= 11 is 0. The Morgan fingerprint density at radius 1 is 1.61 bits per heavy atom. The molecule has 0 fully saturated rings. The Hall–Kier alpha value is -2.04. The van der Waals surface area contributed by atoms with Gasteiger partial charge in [-0.2, -0.15) is 0 Å². The third-order valence-electron chi connectivity index (χ3n) is 3.29. The van der Waals surface area contributed by atoms with Gasteiger partial charge in [0.05, 0.1) is 12.0 Å². The van der Waals surface area contributed by atoms with Gasteiger partial charge in [-0.3, -0.25) is 0 Å². The lowest BCUT2D eigenvalue weighted by Gasteiger charge is -2.20. The van der Waals surface area contributed by atoms with Gasteiger partial charge in [-0.25, -0.2) is 9.78 Å². The van der Waals surface area contributed by atoms with E-state index in [2.05, 4.69) is 4.98 Å². The molecule has 0 aliphatic carbocycles. The van der Waals surface area contributed by atoms with E-state index < -0.39 is 12.0 Å². The summed E-state index contributed by atoms with van der Waals surface area (Å²) in [7, 11) is 0. The lowest BCUT2D eigenvalue weighted by atomic mass is 10.1. The molecule has 1 aliphatic rings. The molecule has 2 aromatic heterocycles. The SMILES string of the molecule is O=C(O)C1CCCc2nc(Cc3ccco3)cn21. The number of fused-ring (bicyclic) bond motifs is 1. The minimum atomic E-state index is -0.780. The van der Waals surface area contributed by atoms with Gasteiger partial charge in [0.25, 0.3) is 0 Å². The van der Waals surface area contributed by atoms with Crippen molar-refractivity contribution in [2.45, 2.75) is 31.7 Å². The van der Waals surface area contributed by atoms with E-state index in [1.54, 1.807) is 10.8 Å². The van der Waals surface area contributed by atoms with E-state index in [-0.39, 0.29) is 0 Å². The minimum Gasteiger partial charge on any atom is -0.480 e. The molecule has 1 N–H and O–H groups in total. The maximum absolute atomic E-state index is 11.2. The topological polar surface area (TPSA) is 68.3 Å². The number of imidazole rings is 1. The molecule has 1 aliphatic heterocycles. The Balaban J connectivity index is 1.89. The number of nitrogens with zero attached hydrogens (tertiary/aromatic N) is 2. The van der Waals surface area contributed by atoms with Crippen LogP contribution >= 0.6 is 0 Å². The summed E-state index contributed by atoms with van der Waals surface area (Å²) in [6.45, 7) is 0. The van der Waals surface area contributed by atoms with Crippen LogP contribution < -0.4 is 0 Å². The maximum Gasteiger partial charge on any atom is 0.326 e. The maximum atomic E-state index is 11.2. The summed E-state index contributed by atoms with van der Waals surface area (Å²) in [6, 6.07) is 3.27. The molecule has 3 rings (SSSR count). The number of carbonyl (C=O) groups is 1. The van der Waals surface area contributed by atoms with Crippen LogP contribution in [0.25, 0.3) is 0 Å². The van der Waals surface area contributed by atoms with E-state index in [1.165, 1.54) is 0 Å². The number of hydrogen-bond donors (Lipinski definition) is 1. The largest absolute Gasteiger partial charge is 0.480 e. The summed E-state index contributed by atoms with van der Waals surface area (Å²) in [5.41, 5.74) is 0.869. The number of aliphatic carboxylic acids is 1. The average Bonchev–Trinajstić information content (AvgIpc) is 2.96. The van der Waals surface area contributed by atoms with Gasteiger partial charge in [-0.15, -0.1) is 0 Å². The van der Waals surface area contributed by atoms with Crippen LogP contribution in [0.5, 0.6) is 0 Å². The fourth-order valence-corrected chi connectivity index (χ4v) is 2.45. The standard InChI is InChI=1S/C13H14N2O3/c16-13(17)11-4-1-5-12-14-9(8-15(11)12)7-10-3-2-6-18-10/h2-3,6,8,11H,1,4-5,7H2,(H,16,17). The van der Waals surface area contributed by atoms with Gasteiger partial charge in [-0.1, -0.05) is 0 Å². The van der Waals surface area contributed by atoms with Gasteiger partial charge in [0, 0.05) is 19.0 Å². The molecule has 0 amide bonds. The first kappa shape index (κ1) is 11.1. The highest BCUT2D eigenvalue weighted by Gasteiger charge is 2.26. The second-order valence-corrected chi connectivity index (χ2v) is 4.56. The zero-order chi connectivity index (χ0) is 12.5. The van der Waals surface area contributed by atoms with Crippen molar-refractivity contribution in [1.29, 1.82) is 0 Å². The van der Waals surface area contributed by atoms with Crippen LogP contribution in [0.1, 0.15) is 36.2 Å². The van der Waals surface area contributed by atoms with Crippen LogP contribution in [0.15, 0.2) is 29.0 Å². The Bertz CT molecular complexity index is 557. The van der Waals surface area contributed by atoms with E-state index in [0.717, 1.165) is 30.1 Å². The summed E-state index contributed by atoms with van der Waals surface area (Å²) in [5.74, 6) is 0.936. The van der Waals surface area contributed by atoms with E-state index in [0.29, 0.717) is 12.8 Å². The highest BCUT2D eigenvalue weighted by molar-refractivity contribution is 5.72. The molecule has 0 spiro atoms. The van der Waals surface area contributed by atoms with Crippen molar-refractivity contribution in [3.05, 3.63) is 41.9 Å². The molecule has 0 saturated carbocycles. The molecule has 1 atom stereocenters. The summed E-state index contributed by atoms with van der Waals surface area (Å²) < 4.78 is 7.07. The predicted octanol–water partition coefficient (Wildman–Crippen LogP) is 2.03. The van der Waals surface area contributed by atoms with E-state index in [1.807, 2.05) is 18.3 Å². The fourth-order valence-electron chi connectivity index (χ4n) is 2.45. The Labute approximate surface area is 104 Å². The Morgan fingerprint density at radius 2 is 2.50 bits per heavy atom. The summed E-state index contributed by atoms with van der Waals surface area (Å²) in [4.78, 5) is 15.7. The molecule has 0 aromatic carbocycles. The second-order valence-electron chi connectivity index (χ2n) is 4.56.